The van der Waals surface area contributed by atoms with E-state index in [1.54, 1.807) is 24.3 Å². The molecule has 8 nitrogen and oxygen atoms in total. The zero-order valence-electron chi connectivity index (χ0n) is 17.6. The molecule has 1 aliphatic rings. The molecule has 11 heteroatoms. The topological polar surface area (TPSA) is 107 Å². The fourth-order valence-corrected chi connectivity index (χ4v) is 4.50. The van der Waals surface area contributed by atoms with E-state index >= 15 is 0 Å². The first-order valence-corrected chi connectivity index (χ1v) is 11.6. The molecular formula is C24H14Cl2N2O6S. The van der Waals surface area contributed by atoms with Gasteiger partial charge in [-0.1, -0.05) is 53.5 Å². The number of imide groups is 1. The number of nitro benzene ring substituents is 1. The number of nitrogens with zero attached hydrogens (tertiary/aromatic N) is 2. The molecule has 1 aliphatic heterocycles. The van der Waals surface area contributed by atoms with Crippen LogP contribution in [0.3, 0.4) is 0 Å². The first-order chi connectivity index (χ1) is 16.7. The zero-order chi connectivity index (χ0) is 25.1. The summed E-state index contributed by atoms with van der Waals surface area (Å²) in [4.78, 5) is 49.8. The number of nitro groups is 1. The number of carbonyl (C=O) groups is 3. The molecule has 1 fully saturated rings. The van der Waals surface area contributed by atoms with Gasteiger partial charge in [0, 0.05) is 22.2 Å². The first-order valence-electron chi connectivity index (χ1n) is 9.98. The normalized spacial score (nSPS) is 14.5. The summed E-state index contributed by atoms with van der Waals surface area (Å²) in [5, 5.41) is 11.2. The zero-order valence-corrected chi connectivity index (χ0v) is 20.0. The quantitative estimate of drug-likeness (QED) is 0.120. The monoisotopic (exact) mass is 528 g/mol. The molecule has 0 saturated carbocycles. The average molecular weight is 529 g/mol. The van der Waals surface area contributed by atoms with E-state index in [0.717, 1.165) is 4.90 Å². The fraction of sp³-hybridized carbons (Fsp3) is 0.0417. The van der Waals surface area contributed by atoms with Crippen molar-refractivity contribution in [1.82, 2.24) is 4.90 Å². The fourth-order valence-electron chi connectivity index (χ4n) is 3.28. The smallest absolute Gasteiger partial charge is 0.345 e. The number of hydrogen-bond donors (Lipinski definition) is 0. The highest BCUT2D eigenvalue weighted by Crippen LogP contribution is 2.36. The summed E-state index contributed by atoms with van der Waals surface area (Å²) >= 11 is 12.8. The highest BCUT2D eigenvalue weighted by Gasteiger charge is 2.36. The Bertz CT molecular complexity index is 1410. The third-order valence-electron chi connectivity index (χ3n) is 4.95. The van der Waals surface area contributed by atoms with Gasteiger partial charge in [0.15, 0.2) is 0 Å². The van der Waals surface area contributed by atoms with Gasteiger partial charge < -0.3 is 4.74 Å². The number of rotatable bonds is 6. The molecular weight excluding hydrogens is 515 g/mol. The highest BCUT2D eigenvalue weighted by molar-refractivity contribution is 8.18. The van der Waals surface area contributed by atoms with Crippen LogP contribution in [0.1, 0.15) is 21.5 Å². The van der Waals surface area contributed by atoms with Gasteiger partial charge in [-0.3, -0.25) is 24.6 Å². The Morgan fingerprint density at radius 2 is 1.77 bits per heavy atom. The van der Waals surface area contributed by atoms with E-state index in [9.17, 15) is 24.5 Å². The summed E-state index contributed by atoms with van der Waals surface area (Å²) in [6.45, 7) is -0.261. The molecule has 4 rings (SSSR count). The predicted molar refractivity (Wildman–Crippen MR) is 132 cm³/mol. The van der Waals surface area contributed by atoms with Gasteiger partial charge in [0.2, 0.25) is 0 Å². The first kappa shape index (κ1) is 24.5. The number of hydrogen-bond acceptors (Lipinski definition) is 7. The Hall–Kier alpha value is -3.66. The highest BCUT2D eigenvalue weighted by atomic mass is 35.5. The van der Waals surface area contributed by atoms with E-state index in [-0.39, 0.29) is 44.6 Å². The maximum Gasteiger partial charge on any atom is 0.345 e. The summed E-state index contributed by atoms with van der Waals surface area (Å²) in [7, 11) is 0. The van der Waals surface area contributed by atoms with Crippen molar-refractivity contribution in [2.45, 2.75) is 6.54 Å². The second-order valence-corrected chi connectivity index (χ2v) is 9.04. The van der Waals surface area contributed by atoms with Gasteiger partial charge >= 0.3 is 5.97 Å². The van der Waals surface area contributed by atoms with E-state index in [1.165, 1.54) is 48.5 Å². The lowest BCUT2D eigenvalue weighted by Gasteiger charge is -2.12. The number of ether oxygens (including phenoxy) is 1. The van der Waals surface area contributed by atoms with Gasteiger partial charge in [0.05, 0.1) is 27.0 Å². The van der Waals surface area contributed by atoms with Crippen molar-refractivity contribution in [1.29, 1.82) is 0 Å². The van der Waals surface area contributed by atoms with E-state index in [4.69, 9.17) is 27.9 Å². The van der Waals surface area contributed by atoms with Crippen LogP contribution < -0.4 is 4.74 Å². The SMILES string of the molecule is O=C(Oc1ccc(Cl)cc1/C=C1\SC(=O)N(Cc2ccccc2[N+](=O)[O-])C1=O)c1ccccc1Cl. The molecule has 1 heterocycles. The average Bonchev–Trinajstić information content (AvgIpc) is 3.08. The number of amides is 2. The lowest BCUT2D eigenvalue weighted by atomic mass is 10.1. The van der Waals surface area contributed by atoms with Crippen molar-refractivity contribution in [3.63, 3.8) is 0 Å². The second kappa shape index (κ2) is 10.3. The van der Waals surface area contributed by atoms with Crippen molar-refractivity contribution in [2.75, 3.05) is 0 Å². The summed E-state index contributed by atoms with van der Waals surface area (Å²) in [5.41, 5.74) is 0.464. The van der Waals surface area contributed by atoms with Gasteiger partial charge in [-0.2, -0.15) is 0 Å². The Balaban J connectivity index is 1.62. The standard InChI is InChI=1S/C24H14Cl2N2O6S/c25-16-9-10-20(34-23(30)17-6-2-3-7-18(17)26)15(11-16)12-21-22(29)27(24(31)35-21)13-14-5-1-4-8-19(14)28(32)33/h1-12H,13H2/b21-12-. The number of para-hydroxylation sites is 1. The second-order valence-electron chi connectivity index (χ2n) is 7.21. The summed E-state index contributed by atoms with van der Waals surface area (Å²) in [5.74, 6) is -1.25. The van der Waals surface area contributed by atoms with Crippen molar-refractivity contribution in [3.8, 4) is 5.75 Å². The molecule has 176 valence electrons. The number of thioether (sulfide) groups is 1. The van der Waals surface area contributed by atoms with Crippen molar-refractivity contribution >= 4 is 63.8 Å². The molecule has 2 amide bonds. The molecule has 35 heavy (non-hydrogen) atoms. The number of benzene rings is 3. The molecule has 0 radical (unpaired) electrons. The van der Waals surface area contributed by atoms with Crippen molar-refractivity contribution in [2.24, 2.45) is 0 Å². The third kappa shape index (κ3) is 5.37. The van der Waals surface area contributed by atoms with Gasteiger partial charge in [0.25, 0.3) is 16.8 Å². The van der Waals surface area contributed by atoms with Crippen LogP contribution in [0.25, 0.3) is 6.08 Å². The Kier molecular flexibility index (Phi) is 7.20. The molecule has 0 unspecified atom stereocenters. The van der Waals surface area contributed by atoms with Crippen molar-refractivity contribution < 1.29 is 24.0 Å². The van der Waals surface area contributed by atoms with Crippen LogP contribution in [-0.2, 0) is 11.3 Å². The number of carbonyl (C=O) groups excluding carboxylic acids is 3. The van der Waals surface area contributed by atoms with E-state index in [2.05, 4.69) is 0 Å². The van der Waals surface area contributed by atoms with Crippen LogP contribution >= 0.6 is 35.0 Å². The molecule has 0 bridgehead atoms. The van der Waals surface area contributed by atoms with Gasteiger partial charge in [-0.25, -0.2) is 4.79 Å². The van der Waals surface area contributed by atoms with E-state index in [1.807, 2.05) is 0 Å². The summed E-state index contributed by atoms with van der Waals surface area (Å²) in [6, 6.07) is 16.7. The van der Waals surface area contributed by atoms with Crippen LogP contribution in [0.4, 0.5) is 10.5 Å². The Morgan fingerprint density at radius 3 is 2.51 bits per heavy atom. The molecule has 0 atom stereocenters. The van der Waals surface area contributed by atoms with Gasteiger partial charge in [0.1, 0.15) is 5.75 Å². The summed E-state index contributed by atoms with van der Waals surface area (Å²) < 4.78 is 5.48. The van der Waals surface area contributed by atoms with Gasteiger partial charge in [-0.15, -0.1) is 0 Å². The minimum atomic E-state index is -0.711. The molecule has 3 aromatic rings. The molecule has 0 aliphatic carbocycles. The summed E-state index contributed by atoms with van der Waals surface area (Å²) in [6.07, 6.45) is 1.38. The Labute approximate surface area is 213 Å². The minimum Gasteiger partial charge on any atom is -0.422 e. The van der Waals surface area contributed by atoms with E-state index in [0.29, 0.717) is 16.8 Å². The van der Waals surface area contributed by atoms with Crippen LogP contribution in [0.5, 0.6) is 5.75 Å². The van der Waals surface area contributed by atoms with Crippen LogP contribution in [-0.4, -0.2) is 26.9 Å². The van der Waals surface area contributed by atoms with Gasteiger partial charge in [-0.05, 0) is 48.2 Å². The van der Waals surface area contributed by atoms with Crippen LogP contribution in [0.2, 0.25) is 10.0 Å². The molecule has 3 aromatic carbocycles. The number of esters is 1. The lowest BCUT2D eigenvalue weighted by molar-refractivity contribution is -0.385. The van der Waals surface area contributed by atoms with Crippen LogP contribution in [0, 0.1) is 10.1 Å². The molecule has 1 saturated heterocycles. The Morgan fingerprint density at radius 1 is 1.06 bits per heavy atom. The molecule has 0 spiro atoms. The van der Waals surface area contributed by atoms with Crippen molar-refractivity contribution in [3.05, 3.63) is 108 Å². The van der Waals surface area contributed by atoms with Crippen LogP contribution in [0.15, 0.2) is 71.6 Å². The van der Waals surface area contributed by atoms with E-state index < -0.39 is 22.0 Å². The minimum absolute atomic E-state index is 0.0471. The number of halogens is 2. The maximum atomic E-state index is 13.0. The maximum absolute atomic E-state index is 13.0. The third-order valence-corrected chi connectivity index (χ3v) is 6.42. The predicted octanol–water partition coefficient (Wildman–Crippen LogP) is 6.36. The molecule has 0 aromatic heterocycles. The lowest BCUT2D eigenvalue weighted by Crippen LogP contribution is -2.27. The largest absolute Gasteiger partial charge is 0.422 e. The molecule has 0 N–H and O–H groups in total.